The molecule has 0 N–H and O–H groups in total. The minimum atomic E-state index is -4.69. The zero-order valence-corrected chi connectivity index (χ0v) is 36.0. The lowest BCUT2D eigenvalue weighted by molar-refractivity contribution is -0.166. The number of nitrogens with zero attached hydrogens (tertiary/aromatic N) is 10. The van der Waals surface area contributed by atoms with Crippen LogP contribution in [0.4, 0.5) is 52.7 Å². The van der Waals surface area contributed by atoms with E-state index in [0.717, 1.165) is 0 Å². The van der Waals surface area contributed by atoms with E-state index < -0.39 is 47.4 Å². The van der Waals surface area contributed by atoms with Crippen LogP contribution in [0.2, 0.25) is 0 Å². The first-order chi connectivity index (χ1) is 32.6. The van der Waals surface area contributed by atoms with Crippen molar-refractivity contribution in [2.45, 2.75) is 73.5 Å². The number of ether oxygens (including phenoxy) is 3. The lowest BCUT2D eigenvalue weighted by Gasteiger charge is -2.24. The van der Waals surface area contributed by atoms with E-state index in [-0.39, 0.29) is 88.1 Å². The predicted octanol–water partition coefficient (Wildman–Crippen LogP) is 11.2. The molecular weight excluding hydrogens is 945 g/mol. The van der Waals surface area contributed by atoms with Crippen molar-refractivity contribution < 1.29 is 66.9 Å². The summed E-state index contributed by atoms with van der Waals surface area (Å²) >= 11 is 0. The molecule has 4 aromatic rings. The summed E-state index contributed by atoms with van der Waals surface area (Å²) in [7, 11) is 0. The SMILES string of the molecule is FC(F)(F)C1(c2ccc(CN(CCOCCOCCOCCN(Cc3ccc(C4(C(F)(F)F)N=N4)cc3)Cc3ccc(C4(C(F)(F)F)N=N4)cc3)Cc3ccc(C4(C(F)(F)F)N=N4)cc3)cc2)N=N1. The molecule has 69 heavy (non-hydrogen) atoms. The third-order valence-electron chi connectivity index (χ3n) is 11.7. The Kier molecular flexibility index (Phi) is 13.6. The van der Waals surface area contributed by atoms with E-state index in [1.807, 2.05) is 9.80 Å². The van der Waals surface area contributed by atoms with Crippen LogP contribution < -0.4 is 0 Å². The van der Waals surface area contributed by atoms with Gasteiger partial charge in [0.05, 0.1) is 39.6 Å². The van der Waals surface area contributed by atoms with Crippen molar-refractivity contribution in [2.24, 2.45) is 40.9 Å². The first-order valence-electron chi connectivity index (χ1n) is 21.2. The smallest absolute Gasteiger partial charge is 0.378 e. The van der Waals surface area contributed by atoms with Gasteiger partial charge in [0.25, 0.3) is 0 Å². The van der Waals surface area contributed by atoms with E-state index in [0.29, 0.717) is 35.3 Å². The van der Waals surface area contributed by atoms with Crippen LogP contribution in [-0.2, 0) is 63.0 Å². The van der Waals surface area contributed by atoms with Gasteiger partial charge in [-0.05, 0) is 22.3 Å². The number of halogens is 12. The van der Waals surface area contributed by atoms with Gasteiger partial charge in [-0.2, -0.15) is 52.7 Å². The van der Waals surface area contributed by atoms with Crippen molar-refractivity contribution >= 4 is 0 Å². The molecule has 25 heteroatoms. The van der Waals surface area contributed by atoms with E-state index in [4.69, 9.17) is 14.2 Å². The van der Waals surface area contributed by atoms with Gasteiger partial charge in [0, 0.05) is 61.5 Å². The van der Waals surface area contributed by atoms with Crippen LogP contribution in [0, 0.1) is 0 Å². The van der Waals surface area contributed by atoms with Gasteiger partial charge in [-0.25, -0.2) is 0 Å². The number of alkyl halides is 12. The molecule has 0 unspecified atom stereocenters. The van der Waals surface area contributed by atoms with E-state index in [2.05, 4.69) is 40.9 Å². The maximum Gasteiger partial charge on any atom is 0.442 e. The summed E-state index contributed by atoms with van der Waals surface area (Å²) in [6, 6.07) is 22.6. The molecule has 4 heterocycles. The average Bonchev–Trinajstić information content (AvgIpc) is 4.09. The molecule has 8 rings (SSSR count). The predicted molar refractivity (Wildman–Crippen MR) is 217 cm³/mol. The number of benzene rings is 4. The molecule has 0 saturated heterocycles. The molecule has 0 saturated carbocycles. The maximum absolute atomic E-state index is 13.5. The Balaban J connectivity index is 0.791. The van der Waals surface area contributed by atoms with Crippen molar-refractivity contribution in [3.63, 3.8) is 0 Å². The summed E-state index contributed by atoms with van der Waals surface area (Å²) in [5.74, 6) is 0. The topological polar surface area (TPSA) is 133 Å². The Morgan fingerprint density at radius 2 is 0.493 bits per heavy atom. The monoisotopic (exact) mass is 984 g/mol. The lowest BCUT2D eigenvalue weighted by Crippen LogP contribution is -2.30. The van der Waals surface area contributed by atoms with Gasteiger partial charge in [0.15, 0.2) is 0 Å². The van der Waals surface area contributed by atoms with Crippen LogP contribution in [0.3, 0.4) is 0 Å². The summed E-state index contributed by atoms with van der Waals surface area (Å²) < 4.78 is 180. The van der Waals surface area contributed by atoms with E-state index in [9.17, 15) is 52.7 Å². The molecule has 0 fully saturated rings. The number of rotatable bonds is 24. The first kappa shape index (κ1) is 49.7. The second-order valence-electron chi connectivity index (χ2n) is 16.5. The Morgan fingerprint density at radius 3 is 0.667 bits per heavy atom. The van der Waals surface area contributed by atoms with E-state index in [1.54, 1.807) is 0 Å². The summed E-state index contributed by atoms with van der Waals surface area (Å²) in [6.45, 7) is 2.80. The van der Waals surface area contributed by atoms with Crippen molar-refractivity contribution in [1.29, 1.82) is 0 Å². The highest BCUT2D eigenvalue weighted by atomic mass is 19.4. The third-order valence-corrected chi connectivity index (χ3v) is 11.7. The molecule has 0 aliphatic carbocycles. The maximum atomic E-state index is 13.5. The van der Waals surface area contributed by atoms with Gasteiger partial charge >= 0.3 is 47.4 Å². The zero-order chi connectivity index (χ0) is 49.4. The molecule has 0 amide bonds. The van der Waals surface area contributed by atoms with Crippen LogP contribution in [-0.4, -0.2) is 87.2 Å². The average molecular weight is 985 g/mol. The fourth-order valence-corrected chi connectivity index (χ4v) is 7.53. The molecule has 0 atom stereocenters. The number of hydrogen-bond acceptors (Lipinski definition) is 13. The highest BCUT2D eigenvalue weighted by molar-refractivity contribution is 5.36. The minimum Gasteiger partial charge on any atom is -0.378 e. The molecule has 368 valence electrons. The molecule has 4 aliphatic rings. The van der Waals surface area contributed by atoms with Crippen molar-refractivity contribution in [3.05, 3.63) is 142 Å². The van der Waals surface area contributed by atoms with Gasteiger partial charge in [-0.1, -0.05) is 97.1 Å². The van der Waals surface area contributed by atoms with Crippen LogP contribution in [0.15, 0.2) is 138 Å². The Hall–Kier alpha value is -5.76. The van der Waals surface area contributed by atoms with Crippen molar-refractivity contribution in [2.75, 3.05) is 52.7 Å². The molecule has 0 bridgehead atoms. The normalized spacial score (nSPS) is 18.1. The van der Waals surface area contributed by atoms with E-state index in [1.165, 1.54) is 97.1 Å². The Bertz CT molecular complexity index is 2170. The second kappa shape index (κ2) is 18.9. The molecule has 4 aromatic carbocycles. The van der Waals surface area contributed by atoms with Crippen LogP contribution in [0.1, 0.15) is 44.5 Å². The molecule has 0 aromatic heterocycles. The Labute approximate surface area is 385 Å². The molecule has 0 radical (unpaired) electrons. The Morgan fingerprint density at radius 1 is 0.304 bits per heavy atom. The second-order valence-corrected chi connectivity index (χ2v) is 16.5. The van der Waals surface area contributed by atoms with Gasteiger partial charge in [0.2, 0.25) is 0 Å². The summed E-state index contributed by atoms with van der Waals surface area (Å²) in [5, 5.41) is 25.8. The van der Waals surface area contributed by atoms with Gasteiger partial charge in [-0.15, -0.1) is 40.9 Å². The largest absolute Gasteiger partial charge is 0.442 e. The molecule has 4 aliphatic heterocycles. The third kappa shape index (κ3) is 10.9. The van der Waals surface area contributed by atoms with Gasteiger partial charge in [-0.3, -0.25) is 9.80 Å². The van der Waals surface area contributed by atoms with Crippen LogP contribution in [0.5, 0.6) is 0 Å². The summed E-state index contributed by atoms with van der Waals surface area (Å²) in [5.41, 5.74) is -8.17. The lowest BCUT2D eigenvalue weighted by atomic mass is 10.0. The summed E-state index contributed by atoms with van der Waals surface area (Å²) in [6.07, 6.45) is -18.7. The number of hydrogen-bond donors (Lipinski definition) is 0. The van der Waals surface area contributed by atoms with Gasteiger partial charge < -0.3 is 14.2 Å². The van der Waals surface area contributed by atoms with Crippen molar-refractivity contribution in [3.8, 4) is 0 Å². The standard InChI is InChI=1S/C44H40F12N10O3/c45-41(46,47)37(57-58-37)33-9-1-29(2-10-33)25-65(26-30-3-11-34(12-4-30)38(59-60-38)42(48,49)50)17-19-67-21-23-69-24-22-68-20-18-66(27-31-5-13-35(14-6-31)39(61-62-39)43(51,52)53)28-32-7-15-36(16-8-32)40(63-64-40)44(54,55)56/h1-16H,17-28H2. The molecule has 0 spiro atoms. The highest BCUT2D eigenvalue weighted by Crippen LogP contribution is 2.55. The van der Waals surface area contributed by atoms with Crippen LogP contribution >= 0.6 is 0 Å². The zero-order valence-electron chi connectivity index (χ0n) is 36.0. The minimum absolute atomic E-state index is 0.128. The highest BCUT2D eigenvalue weighted by Gasteiger charge is 2.67. The van der Waals surface area contributed by atoms with Gasteiger partial charge in [0.1, 0.15) is 0 Å². The molecule has 13 nitrogen and oxygen atoms in total. The van der Waals surface area contributed by atoms with Crippen LogP contribution in [0.25, 0.3) is 0 Å². The fourth-order valence-electron chi connectivity index (χ4n) is 7.53. The first-order valence-corrected chi connectivity index (χ1v) is 21.2. The fraction of sp³-hybridized carbons (Fsp3) is 0.455. The van der Waals surface area contributed by atoms with E-state index >= 15 is 0 Å². The molecular formula is C44H40F12N10O3. The summed E-state index contributed by atoms with van der Waals surface area (Å²) in [4.78, 5) is 3.83. The quantitative estimate of drug-likeness (QED) is 0.0509. The van der Waals surface area contributed by atoms with Crippen molar-refractivity contribution in [1.82, 2.24) is 9.80 Å².